The minimum Gasteiger partial charge on any atom is -0.462 e. The molecule has 2 amide bonds. The van der Waals surface area contributed by atoms with Gasteiger partial charge >= 0.3 is 19.7 Å². The zero-order valence-electron chi connectivity index (χ0n) is 20.6. The van der Waals surface area contributed by atoms with Gasteiger partial charge in [-0.2, -0.15) is 5.09 Å². The van der Waals surface area contributed by atoms with E-state index in [-0.39, 0.29) is 5.75 Å². The number of halogens is 1. The van der Waals surface area contributed by atoms with Gasteiger partial charge in [-0.1, -0.05) is 18.2 Å². The zero-order chi connectivity index (χ0) is 27.5. The van der Waals surface area contributed by atoms with Gasteiger partial charge in [0.25, 0.3) is 0 Å². The molecule has 1 aromatic carbocycles. The fourth-order valence-electron chi connectivity index (χ4n) is 3.58. The van der Waals surface area contributed by atoms with Gasteiger partial charge in [0.1, 0.15) is 29.6 Å². The molecule has 0 saturated carbocycles. The van der Waals surface area contributed by atoms with Crippen molar-refractivity contribution in [2.24, 2.45) is 0 Å². The summed E-state index contributed by atoms with van der Waals surface area (Å²) in [4.78, 5) is 25.1. The number of amides is 2. The molecule has 3 rings (SSSR count). The number of benzene rings is 1. The van der Waals surface area contributed by atoms with Gasteiger partial charge < -0.3 is 34.6 Å². The van der Waals surface area contributed by atoms with E-state index in [1.54, 1.807) is 32.0 Å². The van der Waals surface area contributed by atoms with Gasteiger partial charge in [-0.05, 0) is 39.8 Å². The summed E-state index contributed by atoms with van der Waals surface area (Å²) in [6.45, 7) is 5.19. The minimum absolute atomic E-state index is 0.143. The van der Waals surface area contributed by atoms with Crippen LogP contribution in [0.4, 0.5) is 9.18 Å². The number of urea groups is 1. The highest BCUT2D eigenvalue weighted by Crippen LogP contribution is 2.46. The molecule has 2 aliphatic rings. The Labute approximate surface area is 212 Å². The monoisotopic (exact) mass is 547 g/mol. The first-order valence-corrected chi connectivity index (χ1v) is 13.0. The molecule has 0 bridgehead atoms. The van der Waals surface area contributed by atoms with Gasteiger partial charge in [-0.25, -0.2) is 13.8 Å². The lowest BCUT2D eigenvalue weighted by molar-refractivity contribution is -0.149. The molecule has 2 heterocycles. The van der Waals surface area contributed by atoms with Crippen molar-refractivity contribution in [3.63, 3.8) is 0 Å². The third-order valence-corrected chi connectivity index (χ3v) is 7.10. The van der Waals surface area contributed by atoms with Gasteiger partial charge in [0.05, 0.1) is 12.7 Å². The largest absolute Gasteiger partial charge is 0.462 e. The molecule has 13 nitrogen and oxygen atoms in total. The summed E-state index contributed by atoms with van der Waals surface area (Å²) in [5.41, 5.74) is -2.13. The first kappa shape index (κ1) is 29.0. The van der Waals surface area contributed by atoms with Gasteiger partial charge in [0.2, 0.25) is 0 Å². The molecule has 37 heavy (non-hydrogen) atoms. The number of carbonyl (C=O) groups is 2. The second-order valence-corrected chi connectivity index (χ2v) is 10.7. The summed E-state index contributed by atoms with van der Waals surface area (Å²) < 4.78 is 49.2. The number of rotatable bonds is 10. The second-order valence-electron chi connectivity index (χ2n) is 9.00. The third-order valence-electron chi connectivity index (χ3n) is 5.46. The van der Waals surface area contributed by atoms with Gasteiger partial charge in [0, 0.05) is 6.20 Å². The molecule has 206 valence electrons. The lowest BCUT2D eigenvalue weighted by Gasteiger charge is -2.36. The lowest BCUT2D eigenvalue weighted by Crippen LogP contribution is -2.58. The van der Waals surface area contributed by atoms with Crippen molar-refractivity contribution >= 4 is 19.7 Å². The van der Waals surface area contributed by atoms with Gasteiger partial charge in [0.15, 0.2) is 18.3 Å². The van der Waals surface area contributed by atoms with E-state index in [1.807, 2.05) is 5.32 Å². The predicted molar refractivity (Wildman–Crippen MR) is 125 cm³/mol. The number of nitrogens with zero attached hydrogens (tertiary/aromatic N) is 1. The first-order chi connectivity index (χ1) is 17.2. The first-order valence-electron chi connectivity index (χ1n) is 11.4. The standard InChI is InChI=1S/C22H31FN3O10P/c1-12(2)34-19(29)13(3)25-37(32,36-14-8-6-5-7-9-14)33-11-16-17(27)22(4,31)20(35-16)26-10-15(23)18(28)24-21(26)30/h5-10,12-13,16-18,20,27-28,31H,11H2,1-4H3,(H,24,30)(H,25,32). The number of aliphatic hydroxyl groups excluding tert-OH is 2. The van der Waals surface area contributed by atoms with Crippen molar-refractivity contribution in [2.75, 3.05) is 6.61 Å². The molecule has 0 spiro atoms. The fourth-order valence-corrected chi connectivity index (χ4v) is 5.08. The summed E-state index contributed by atoms with van der Waals surface area (Å²) in [5.74, 6) is -1.70. The van der Waals surface area contributed by atoms with Crippen molar-refractivity contribution in [3.8, 4) is 5.75 Å². The van der Waals surface area contributed by atoms with E-state index in [0.717, 1.165) is 6.92 Å². The molecule has 5 N–H and O–H groups in total. The summed E-state index contributed by atoms with van der Waals surface area (Å²) >= 11 is 0. The second kappa shape index (κ2) is 11.4. The van der Waals surface area contributed by atoms with Crippen LogP contribution in [-0.2, 0) is 23.4 Å². The SMILES string of the molecule is CC(C)OC(=O)C(C)NP(=O)(OCC1OC(N2C=C(F)C(O)NC2=O)C(C)(O)C1O)Oc1ccccc1. The number of esters is 1. The van der Waals surface area contributed by atoms with Crippen LogP contribution < -0.4 is 14.9 Å². The van der Waals surface area contributed by atoms with E-state index in [0.29, 0.717) is 11.1 Å². The highest BCUT2D eigenvalue weighted by Gasteiger charge is 2.56. The Balaban J connectivity index is 1.77. The van der Waals surface area contributed by atoms with E-state index in [2.05, 4.69) is 5.09 Å². The lowest BCUT2D eigenvalue weighted by atomic mass is 9.96. The molecule has 1 fully saturated rings. The predicted octanol–water partition coefficient (Wildman–Crippen LogP) is 1.11. The molecule has 0 aromatic heterocycles. The van der Waals surface area contributed by atoms with Crippen LogP contribution in [-0.4, -0.2) is 81.2 Å². The van der Waals surface area contributed by atoms with Crippen LogP contribution in [0.3, 0.4) is 0 Å². The van der Waals surface area contributed by atoms with Crippen LogP contribution in [0.5, 0.6) is 5.75 Å². The number of hydrogen-bond donors (Lipinski definition) is 5. The van der Waals surface area contributed by atoms with E-state index >= 15 is 0 Å². The zero-order valence-corrected chi connectivity index (χ0v) is 21.5. The Kier molecular flexibility index (Phi) is 8.96. The van der Waals surface area contributed by atoms with E-state index < -0.39 is 74.6 Å². The number of ether oxygens (including phenoxy) is 2. The fraction of sp³-hybridized carbons (Fsp3) is 0.545. The highest BCUT2D eigenvalue weighted by molar-refractivity contribution is 7.52. The quantitative estimate of drug-likeness (QED) is 0.210. The molecule has 0 aliphatic carbocycles. The van der Waals surface area contributed by atoms with Crippen LogP contribution in [0.15, 0.2) is 42.4 Å². The number of para-hydroxylation sites is 1. The normalized spacial score (nSPS) is 30.4. The van der Waals surface area contributed by atoms with Crippen molar-refractivity contribution < 1.29 is 52.4 Å². The van der Waals surface area contributed by atoms with Crippen molar-refractivity contribution in [2.45, 2.75) is 70.1 Å². The molecular formula is C22H31FN3O10P. The van der Waals surface area contributed by atoms with Crippen molar-refractivity contribution in [3.05, 3.63) is 42.4 Å². The molecule has 7 atom stereocenters. The molecular weight excluding hydrogens is 516 g/mol. The Morgan fingerprint density at radius 2 is 1.95 bits per heavy atom. The Hall–Kier alpha value is -2.58. The Bertz CT molecular complexity index is 1060. The smallest absolute Gasteiger partial charge is 0.459 e. The molecule has 15 heteroatoms. The maximum atomic E-state index is 13.9. The molecule has 2 aliphatic heterocycles. The van der Waals surface area contributed by atoms with Gasteiger partial charge in [-0.3, -0.25) is 14.2 Å². The average Bonchev–Trinajstić information content (AvgIpc) is 3.03. The van der Waals surface area contributed by atoms with E-state index in [9.17, 15) is 33.9 Å². The van der Waals surface area contributed by atoms with Crippen LogP contribution in [0, 0.1) is 0 Å². The summed E-state index contributed by atoms with van der Waals surface area (Å²) in [7, 11) is -4.32. The minimum atomic E-state index is -4.32. The van der Waals surface area contributed by atoms with E-state index in [4.69, 9.17) is 18.5 Å². The summed E-state index contributed by atoms with van der Waals surface area (Å²) in [6, 6.07) is 5.82. The number of nitrogens with one attached hydrogen (secondary N) is 2. The van der Waals surface area contributed by atoms with Gasteiger partial charge in [-0.15, -0.1) is 0 Å². The highest BCUT2D eigenvalue weighted by atomic mass is 31.2. The van der Waals surface area contributed by atoms with Crippen LogP contribution >= 0.6 is 7.75 Å². The van der Waals surface area contributed by atoms with Crippen LogP contribution in [0.1, 0.15) is 27.7 Å². The van der Waals surface area contributed by atoms with Crippen LogP contribution in [0.25, 0.3) is 0 Å². The molecule has 1 saturated heterocycles. The number of carbonyl (C=O) groups excluding carboxylic acids is 2. The van der Waals surface area contributed by atoms with E-state index in [1.165, 1.54) is 19.1 Å². The topological polar surface area (TPSA) is 176 Å². The maximum absolute atomic E-state index is 13.9. The number of aliphatic hydroxyl groups is 3. The Morgan fingerprint density at radius 1 is 1.30 bits per heavy atom. The van der Waals surface area contributed by atoms with Crippen molar-refractivity contribution in [1.82, 2.24) is 15.3 Å². The number of hydrogen-bond acceptors (Lipinski definition) is 10. The molecule has 0 radical (unpaired) electrons. The summed E-state index contributed by atoms with van der Waals surface area (Å²) in [5, 5.41) is 35.4. The third kappa shape index (κ3) is 6.85. The molecule has 1 aromatic rings. The molecule has 7 unspecified atom stereocenters. The average molecular weight is 547 g/mol. The summed E-state index contributed by atoms with van der Waals surface area (Å²) in [6.07, 6.45) is -6.33. The van der Waals surface area contributed by atoms with Crippen molar-refractivity contribution in [1.29, 1.82) is 0 Å². The maximum Gasteiger partial charge on any atom is 0.459 e. The van der Waals surface area contributed by atoms with Crippen LogP contribution in [0.2, 0.25) is 0 Å². The Morgan fingerprint density at radius 3 is 2.57 bits per heavy atom.